The van der Waals surface area contributed by atoms with E-state index < -0.39 is 0 Å². The molecular weight excluding hydrogens is 214 g/mol. The Morgan fingerprint density at radius 3 is 2.82 bits per heavy atom. The minimum Gasteiger partial charge on any atom is -0.465 e. The van der Waals surface area contributed by atoms with E-state index in [-0.39, 0.29) is 12.5 Å². The maximum atomic E-state index is 11.3. The topological polar surface area (TPSA) is 38.7 Å². The molecule has 0 heterocycles. The smallest absolute Gasteiger partial charge is 0.327 e. The van der Waals surface area contributed by atoms with Crippen molar-refractivity contribution in [1.29, 1.82) is 0 Å². The highest BCUT2D eigenvalue weighted by molar-refractivity contribution is 5.92. The van der Waals surface area contributed by atoms with Crippen molar-refractivity contribution in [2.45, 2.75) is 40.5 Å². The molecule has 3 nitrogen and oxygen atoms in total. The van der Waals surface area contributed by atoms with Gasteiger partial charge >= 0.3 is 5.97 Å². The third kappa shape index (κ3) is 2.12. The maximum Gasteiger partial charge on any atom is 0.327 e. The molecule has 3 atom stereocenters. The van der Waals surface area contributed by atoms with Gasteiger partial charge in [-0.25, -0.2) is 0 Å². The third-order valence-electron chi connectivity index (χ3n) is 4.68. The molecule has 0 bridgehead atoms. The van der Waals surface area contributed by atoms with Crippen LogP contribution < -0.4 is 0 Å². The van der Waals surface area contributed by atoms with Crippen LogP contribution in [0.1, 0.15) is 40.5 Å². The molecule has 2 fully saturated rings. The van der Waals surface area contributed by atoms with Crippen LogP contribution in [0, 0.1) is 23.2 Å². The zero-order valence-corrected chi connectivity index (χ0v) is 11.3. The molecule has 2 aliphatic rings. The highest BCUT2D eigenvalue weighted by Crippen LogP contribution is 2.68. The molecule has 3 heteroatoms. The van der Waals surface area contributed by atoms with Gasteiger partial charge in [0.1, 0.15) is 6.54 Å². The van der Waals surface area contributed by atoms with Crippen LogP contribution >= 0.6 is 0 Å². The summed E-state index contributed by atoms with van der Waals surface area (Å²) in [7, 11) is 0. The van der Waals surface area contributed by atoms with Crippen LogP contribution in [-0.2, 0) is 9.53 Å². The lowest BCUT2D eigenvalue weighted by molar-refractivity contribution is -0.141. The van der Waals surface area contributed by atoms with E-state index in [1.807, 2.05) is 6.92 Å². The summed E-state index contributed by atoms with van der Waals surface area (Å²) in [6, 6.07) is 0. The van der Waals surface area contributed by atoms with Crippen molar-refractivity contribution >= 4 is 11.7 Å². The van der Waals surface area contributed by atoms with Crippen molar-refractivity contribution in [2.24, 2.45) is 28.2 Å². The number of ether oxygens (including phenoxy) is 1. The molecule has 0 N–H and O–H groups in total. The predicted octanol–water partition coefficient (Wildman–Crippen LogP) is 2.69. The molecule has 0 spiro atoms. The molecule has 0 aromatic heterocycles. The summed E-state index contributed by atoms with van der Waals surface area (Å²) in [5, 5.41) is 0. The first-order valence-electron chi connectivity index (χ1n) is 6.70. The summed E-state index contributed by atoms with van der Waals surface area (Å²) >= 11 is 0. The zero-order valence-electron chi connectivity index (χ0n) is 11.3. The number of hydrogen-bond donors (Lipinski definition) is 0. The highest BCUT2D eigenvalue weighted by Gasteiger charge is 2.63. The Hall–Kier alpha value is -0.860. The predicted molar refractivity (Wildman–Crippen MR) is 68.1 cm³/mol. The number of fused-ring (bicyclic) bond motifs is 1. The van der Waals surface area contributed by atoms with Crippen LogP contribution in [0.2, 0.25) is 0 Å². The number of hydrogen-bond acceptors (Lipinski definition) is 3. The Morgan fingerprint density at radius 1 is 1.59 bits per heavy atom. The molecule has 2 rings (SSSR count). The van der Waals surface area contributed by atoms with Gasteiger partial charge in [0.15, 0.2) is 0 Å². The van der Waals surface area contributed by atoms with Crippen LogP contribution in [0.15, 0.2) is 4.99 Å². The van der Waals surface area contributed by atoms with Gasteiger partial charge in [0.25, 0.3) is 0 Å². The van der Waals surface area contributed by atoms with Gasteiger partial charge in [0.05, 0.1) is 6.61 Å². The fraction of sp³-hybridized carbons (Fsp3) is 0.857. The Morgan fingerprint density at radius 2 is 2.29 bits per heavy atom. The second kappa shape index (κ2) is 4.43. The Labute approximate surface area is 104 Å². The summed E-state index contributed by atoms with van der Waals surface area (Å²) in [6.45, 7) is 9.34. The second-order valence-electron chi connectivity index (χ2n) is 5.78. The maximum absolute atomic E-state index is 11.3. The van der Waals surface area contributed by atoms with E-state index in [9.17, 15) is 4.79 Å². The van der Waals surface area contributed by atoms with E-state index >= 15 is 0 Å². The van der Waals surface area contributed by atoms with Crippen LogP contribution in [0.4, 0.5) is 0 Å². The molecule has 3 unspecified atom stereocenters. The first kappa shape index (κ1) is 12.6. The lowest BCUT2D eigenvalue weighted by Crippen LogP contribution is -2.14. The van der Waals surface area contributed by atoms with Crippen LogP contribution in [0.5, 0.6) is 0 Å². The Bertz CT molecular complexity index is 348. The van der Waals surface area contributed by atoms with Crippen molar-refractivity contribution in [3.8, 4) is 0 Å². The fourth-order valence-corrected chi connectivity index (χ4v) is 3.40. The lowest BCUT2D eigenvalue weighted by atomic mass is 9.90. The quantitative estimate of drug-likeness (QED) is 0.705. The van der Waals surface area contributed by atoms with E-state index in [0.717, 1.165) is 18.3 Å². The Balaban J connectivity index is 1.96. The summed E-state index contributed by atoms with van der Waals surface area (Å²) in [4.78, 5) is 15.8. The van der Waals surface area contributed by atoms with Crippen molar-refractivity contribution < 1.29 is 9.53 Å². The fourth-order valence-electron chi connectivity index (χ4n) is 3.40. The number of nitrogens with zero attached hydrogens (tertiary/aromatic N) is 1. The first-order valence-corrected chi connectivity index (χ1v) is 6.70. The molecule has 2 aliphatic carbocycles. The number of rotatable bonds is 4. The molecule has 0 amide bonds. The average molecular weight is 237 g/mol. The van der Waals surface area contributed by atoms with Gasteiger partial charge in [-0.2, -0.15) is 0 Å². The third-order valence-corrected chi connectivity index (χ3v) is 4.68. The summed E-state index contributed by atoms with van der Waals surface area (Å²) in [6.07, 6.45) is 2.44. The number of esters is 1. The standard InChI is InChI=1S/C14H23NO2/c1-5-17-13(16)8-15-12-7-14(9(2)3)6-11(14)10(12)4/h9-11H,5-8H2,1-4H3. The van der Waals surface area contributed by atoms with Gasteiger partial charge in [-0.3, -0.25) is 9.79 Å². The van der Waals surface area contributed by atoms with E-state index in [2.05, 4.69) is 25.8 Å². The first-order chi connectivity index (χ1) is 8.01. The number of aliphatic imine (C=N–C) groups is 1. The molecule has 17 heavy (non-hydrogen) atoms. The largest absolute Gasteiger partial charge is 0.465 e. The molecule has 0 aromatic carbocycles. The molecule has 2 saturated carbocycles. The van der Waals surface area contributed by atoms with Gasteiger partial charge < -0.3 is 4.74 Å². The van der Waals surface area contributed by atoms with E-state index in [1.54, 1.807) is 0 Å². The van der Waals surface area contributed by atoms with Crippen molar-refractivity contribution in [3.63, 3.8) is 0 Å². The van der Waals surface area contributed by atoms with E-state index in [0.29, 0.717) is 17.9 Å². The van der Waals surface area contributed by atoms with E-state index in [4.69, 9.17) is 4.74 Å². The van der Waals surface area contributed by atoms with Crippen molar-refractivity contribution in [3.05, 3.63) is 0 Å². The van der Waals surface area contributed by atoms with Gasteiger partial charge in [-0.1, -0.05) is 20.8 Å². The average Bonchev–Trinajstić information content (AvgIpc) is 2.93. The zero-order chi connectivity index (χ0) is 12.6. The molecule has 0 radical (unpaired) electrons. The minimum absolute atomic E-state index is 0.202. The summed E-state index contributed by atoms with van der Waals surface area (Å²) in [5.41, 5.74) is 1.75. The Kier molecular flexibility index (Phi) is 3.28. The summed E-state index contributed by atoms with van der Waals surface area (Å²) in [5.74, 6) is 1.90. The van der Waals surface area contributed by atoms with Gasteiger partial charge in [0.2, 0.25) is 0 Å². The molecule has 0 aliphatic heterocycles. The van der Waals surface area contributed by atoms with Gasteiger partial charge in [0, 0.05) is 5.71 Å². The van der Waals surface area contributed by atoms with Crippen molar-refractivity contribution in [1.82, 2.24) is 0 Å². The number of carbonyl (C=O) groups excluding carboxylic acids is 1. The minimum atomic E-state index is -0.202. The van der Waals surface area contributed by atoms with Crippen molar-refractivity contribution in [2.75, 3.05) is 13.2 Å². The second-order valence-corrected chi connectivity index (χ2v) is 5.78. The molecular formula is C14H23NO2. The van der Waals surface area contributed by atoms with Crippen LogP contribution in [-0.4, -0.2) is 24.8 Å². The van der Waals surface area contributed by atoms with Crippen LogP contribution in [0.3, 0.4) is 0 Å². The SMILES string of the molecule is CCOC(=O)CN=C1CC2(C(C)C)CC2C1C. The van der Waals surface area contributed by atoms with Gasteiger partial charge in [-0.15, -0.1) is 0 Å². The highest BCUT2D eigenvalue weighted by atomic mass is 16.5. The van der Waals surface area contributed by atoms with E-state index in [1.165, 1.54) is 12.1 Å². The monoisotopic (exact) mass is 237 g/mol. The molecule has 96 valence electrons. The molecule has 0 saturated heterocycles. The molecule has 0 aromatic rings. The number of carbonyl (C=O) groups is 1. The van der Waals surface area contributed by atoms with Gasteiger partial charge in [-0.05, 0) is 42.9 Å². The normalized spacial score (nSPS) is 37.4. The summed E-state index contributed by atoms with van der Waals surface area (Å²) < 4.78 is 4.90. The lowest BCUT2D eigenvalue weighted by Gasteiger charge is -2.16. The van der Waals surface area contributed by atoms with Crippen LogP contribution in [0.25, 0.3) is 0 Å².